The summed E-state index contributed by atoms with van der Waals surface area (Å²) in [6.45, 7) is 3.84. The molecule has 0 fully saturated rings. The van der Waals surface area contributed by atoms with Crippen LogP contribution in [0.5, 0.6) is 5.75 Å². The first-order chi connectivity index (χ1) is 12.9. The van der Waals surface area contributed by atoms with Gasteiger partial charge in [-0.15, -0.1) is 0 Å². The monoisotopic (exact) mass is 364 g/mol. The van der Waals surface area contributed by atoms with Gasteiger partial charge in [0.25, 0.3) is 5.91 Å². The van der Waals surface area contributed by atoms with Crippen molar-refractivity contribution in [1.29, 1.82) is 0 Å². The molecule has 1 atom stereocenters. The molecule has 0 radical (unpaired) electrons. The number of rotatable bonds is 5. The molecule has 1 unspecified atom stereocenters. The molecule has 27 heavy (non-hydrogen) atoms. The highest BCUT2D eigenvalue weighted by Crippen LogP contribution is 2.29. The molecule has 0 bridgehead atoms. The second-order valence-corrected chi connectivity index (χ2v) is 6.67. The Hall–Kier alpha value is -3.28. The predicted octanol–water partition coefficient (Wildman–Crippen LogP) is 3.48. The van der Waals surface area contributed by atoms with Gasteiger partial charge in [-0.1, -0.05) is 6.07 Å². The molecule has 1 amide bonds. The van der Waals surface area contributed by atoms with Crippen LogP contribution in [0.4, 0.5) is 5.69 Å². The molecule has 3 N–H and O–H groups in total. The van der Waals surface area contributed by atoms with Crippen molar-refractivity contribution in [2.24, 2.45) is 7.05 Å². The average Bonchev–Trinajstić information content (AvgIpc) is 3.09. The van der Waals surface area contributed by atoms with Crippen LogP contribution in [0.1, 0.15) is 34.5 Å². The number of ether oxygens (including phenoxy) is 1. The normalized spacial score (nSPS) is 11.9. The lowest BCUT2D eigenvalue weighted by atomic mass is 10.0. The highest BCUT2D eigenvalue weighted by atomic mass is 16.5. The summed E-state index contributed by atoms with van der Waals surface area (Å²) in [5, 5.41) is 7.27. The number of amides is 1. The zero-order chi connectivity index (χ0) is 19.6. The molecule has 2 aromatic carbocycles. The van der Waals surface area contributed by atoms with E-state index >= 15 is 0 Å². The first kappa shape index (κ1) is 18.5. The number of aryl methyl sites for hydroxylation is 2. The molecule has 0 saturated heterocycles. The largest absolute Gasteiger partial charge is 0.497 e. The summed E-state index contributed by atoms with van der Waals surface area (Å²) in [5.41, 5.74) is 10.8. The maximum Gasteiger partial charge on any atom is 0.252 e. The third-order valence-electron chi connectivity index (χ3n) is 4.56. The molecular weight excluding hydrogens is 340 g/mol. The number of aromatic nitrogens is 2. The van der Waals surface area contributed by atoms with Gasteiger partial charge in [0.1, 0.15) is 5.75 Å². The van der Waals surface area contributed by atoms with Gasteiger partial charge in [-0.25, -0.2) is 0 Å². The number of benzene rings is 2. The van der Waals surface area contributed by atoms with Crippen LogP contribution < -0.4 is 15.8 Å². The van der Waals surface area contributed by atoms with E-state index in [0.29, 0.717) is 11.3 Å². The number of nitrogens with two attached hydrogens (primary N) is 1. The second kappa shape index (κ2) is 7.53. The number of nitrogen functional groups attached to an aromatic ring is 1. The Labute approximate surface area is 159 Å². The highest BCUT2D eigenvalue weighted by molar-refractivity contribution is 5.96. The quantitative estimate of drug-likeness (QED) is 0.679. The third kappa shape index (κ3) is 4.11. The molecule has 0 spiro atoms. The van der Waals surface area contributed by atoms with E-state index in [2.05, 4.69) is 10.4 Å². The van der Waals surface area contributed by atoms with Crippen molar-refractivity contribution in [3.63, 3.8) is 0 Å². The van der Waals surface area contributed by atoms with E-state index in [-0.39, 0.29) is 11.9 Å². The molecule has 140 valence electrons. The molecule has 6 heteroatoms. The van der Waals surface area contributed by atoms with Crippen LogP contribution in [0.3, 0.4) is 0 Å². The summed E-state index contributed by atoms with van der Waals surface area (Å²) in [7, 11) is 3.51. The zero-order valence-electron chi connectivity index (χ0n) is 16.0. The number of nitrogens with one attached hydrogen (secondary N) is 1. The van der Waals surface area contributed by atoms with Gasteiger partial charge in [-0.3, -0.25) is 9.48 Å². The van der Waals surface area contributed by atoms with Crippen LogP contribution in [0.25, 0.3) is 11.1 Å². The number of anilines is 1. The fourth-order valence-corrected chi connectivity index (χ4v) is 2.97. The Bertz CT molecular complexity index is 978. The van der Waals surface area contributed by atoms with E-state index in [1.165, 1.54) is 0 Å². The summed E-state index contributed by atoms with van der Waals surface area (Å²) in [6.07, 6.45) is 3.75. The van der Waals surface area contributed by atoms with Crippen molar-refractivity contribution in [2.45, 2.75) is 19.9 Å². The fraction of sp³-hybridized carbons (Fsp3) is 0.238. The SMILES string of the molecule is COc1cc(-c2cnn(C)c2)cc(C(C)NC(=O)c2cc(N)ccc2C)c1. The maximum atomic E-state index is 12.7. The molecule has 1 heterocycles. The van der Waals surface area contributed by atoms with Crippen LogP contribution in [-0.4, -0.2) is 22.8 Å². The molecule has 3 aromatic rings. The van der Waals surface area contributed by atoms with E-state index < -0.39 is 0 Å². The number of methoxy groups -OCH3 is 1. The van der Waals surface area contributed by atoms with E-state index in [1.807, 2.05) is 51.4 Å². The van der Waals surface area contributed by atoms with Crippen LogP contribution in [0, 0.1) is 6.92 Å². The van der Waals surface area contributed by atoms with Gasteiger partial charge in [0.2, 0.25) is 0 Å². The van der Waals surface area contributed by atoms with Gasteiger partial charge in [0.05, 0.1) is 19.3 Å². The first-order valence-corrected chi connectivity index (χ1v) is 8.72. The topological polar surface area (TPSA) is 82.2 Å². The van der Waals surface area contributed by atoms with Crippen LogP contribution >= 0.6 is 0 Å². The molecule has 0 saturated carbocycles. The highest BCUT2D eigenvalue weighted by Gasteiger charge is 2.16. The lowest BCUT2D eigenvalue weighted by Crippen LogP contribution is -2.27. The van der Waals surface area contributed by atoms with Crippen molar-refractivity contribution >= 4 is 11.6 Å². The standard InChI is InChI=1S/C21H24N4O2/c1-13-5-6-18(22)10-20(13)21(26)24-14(2)15-7-16(9-19(8-15)27-4)17-11-23-25(3)12-17/h5-12,14H,22H2,1-4H3,(H,24,26). The number of carbonyl (C=O) groups excluding carboxylic acids is 1. The molecule has 0 aliphatic heterocycles. The number of hydrogen-bond donors (Lipinski definition) is 2. The van der Waals surface area contributed by atoms with E-state index in [1.54, 1.807) is 30.1 Å². The van der Waals surface area contributed by atoms with Gasteiger partial charge < -0.3 is 15.8 Å². The zero-order valence-corrected chi connectivity index (χ0v) is 16.0. The molecule has 0 aliphatic rings. The number of carbonyl (C=O) groups is 1. The Morgan fingerprint density at radius 3 is 2.67 bits per heavy atom. The average molecular weight is 364 g/mol. The summed E-state index contributed by atoms with van der Waals surface area (Å²) >= 11 is 0. The smallest absolute Gasteiger partial charge is 0.252 e. The van der Waals surface area contributed by atoms with Crippen molar-refractivity contribution < 1.29 is 9.53 Å². The minimum absolute atomic E-state index is 0.155. The Morgan fingerprint density at radius 1 is 1.22 bits per heavy atom. The second-order valence-electron chi connectivity index (χ2n) is 6.67. The lowest BCUT2D eigenvalue weighted by Gasteiger charge is -2.17. The lowest BCUT2D eigenvalue weighted by molar-refractivity contribution is 0.0939. The molecule has 6 nitrogen and oxygen atoms in total. The minimum atomic E-state index is -0.205. The summed E-state index contributed by atoms with van der Waals surface area (Å²) in [5.74, 6) is 0.575. The van der Waals surface area contributed by atoms with Gasteiger partial charge >= 0.3 is 0 Å². The first-order valence-electron chi connectivity index (χ1n) is 8.72. The van der Waals surface area contributed by atoms with E-state index in [0.717, 1.165) is 28.0 Å². The van der Waals surface area contributed by atoms with Gasteiger partial charge in [0.15, 0.2) is 0 Å². The van der Waals surface area contributed by atoms with E-state index in [9.17, 15) is 4.79 Å². The molecule has 0 aliphatic carbocycles. The number of nitrogens with zero attached hydrogens (tertiary/aromatic N) is 2. The fourth-order valence-electron chi connectivity index (χ4n) is 2.97. The summed E-state index contributed by atoms with van der Waals surface area (Å²) in [6, 6.07) is 11.1. The minimum Gasteiger partial charge on any atom is -0.497 e. The summed E-state index contributed by atoms with van der Waals surface area (Å²) in [4.78, 5) is 12.7. The number of hydrogen-bond acceptors (Lipinski definition) is 4. The van der Waals surface area contributed by atoms with Gasteiger partial charge in [-0.2, -0.15) is 5.10 Å². The Morgan fingerprint density at radius 2 is 2.00 bits per heavy atom. The van der Waals surface area contributed by atoms with Crippen LogP contribution in [0.15, 0.2) is 48.8 Å². The Kier molecular flexibility index (Phi) is 5.16. The van der Waals surface area contributed by atoms with Crippen molar-refractivity contribution in [2.75, 3.05) is 12.8 Å². The van der Waals surface area contributed by atoms with Crippen molar-refractivity contribution in [1.82, 2.24) is 15.1 Å². The third-order valence-corrected chi connectivity index (χ3v) is 4.56. The van der Waals surface area contributed by atoms with E-state index in [4.69, 9.17) is 10.5 Å². The Balaban J connectivity index is 1.88. The maximum absolute atomic E-state index is 12.7. The van der Waals surface area contributed by atoms with Gasteiger partial charge in [-0.05, 0) is 60.9 Å². The van der Waals surface area contributed by atoms with Gasteiger partial charge in [0, 0.05) is 30.1 Å². The van der Waals surface area contributed by atoms with Crippen molar-refractivity contribution in [3.05, 3.63) is 65.5 Å². The molecule has 3 rings (SSSR count). The van der Waals surface area contributed by atoms with Crippen LogP contribution in [-0.2, 0) is 7.05 Å². The van der Waals surface area contributed by atoms with Crippen LogP contribution in [0.2, 0.25) is 0 Å². The van der Waals surface area contributed by atoms with Crippen molar-refractivity contribution in [3.8, 4) is 16.9 Å². The molecular formula is C21H24N4O2. The summed E-state index contributed by atoms with van der Waals surface area (Å²) < 4.78 is 7.19. The predicted molar refractivity (Wildman–Crippen MR) is 107 cm³/mol. The molecule has 1 aromatic heterocycles.